The first-order valence-electron chi connectivity index (χ1n) is 7.10. The van der Waals surface area contributed by atoms with E-state index >= 15 is 0 Å². The maximum absolute atomic E-state index is 12.7. The number of amides is 1. The third kappa shape index (κ3) is 2.14. The number of aromatic nitrogens is 1. The van der Waals surface area contributed by atoms with Crippen LogP contribution in [0.4, 0.5) is 5.13 Å². The molecule has 0 bridgehead atoms. The van der Waals surface area contributed by atoms with Crippen molar-refractivity contribution in [2.45, 2.75) is 12.5 Å². The summed E-state index contributed by atoms with van der Waals surface area (Å²) in [6.07, 6.45) is 0.152. The van der Waals surface area contributed by atoms with Crippen LogP contribution in [0.5, 0.6) is 5.75 Å². The van der Waals surface area contributed by atoms with Crippen LogP contribution in [0.25, 0.3) is 10.2 Å². The first-order chi connectivity index (χ1) is 10.7. The highest BCUT2D eigenvalue weighted by atomic mass is 32.1. The minimum atomic E-state index is -0.464. The molecule has 0 saturated carbocycles. The molecule has 1 amide bonds. The Morgan fingerprint density at radius 1 is 1.23 bits per heavy atom. The Morgan fingerprint density at radius 2 is 2.00 bits per heavy atom. The normalized spacial score (nSPS) is 16.3. The van der Waals surface area contributed by atoms with Crippen LogP contribution in [0.15, 0.2) is 48.5 Å². The molecule has 1 atom stereocenters. The van der Waals surface area contributed by atoms with Gasteiger partial charge in [-0.25, -0.2) is 4.98 Å². The topological polar surface area (TPSA) is 42.4 Å². The van der Waals surface area contributed by atoms with Gasteiger partial charge in [0.1, 0.15) is 5.75 Å². The van der Waals surface area contributed by atoms with Crippen LogP contribution >= 0.6 is 11.3 Å². The Hall–Kier alpha value is -2.40. The van der Waals surface area contributed by atoms with Crippen molar-refractivity contribution in [2.75, 3.05) is 11.9 Å². The summed E-state index contributed by atoms with van der Waals surface area (Å²) in [7, 11) is 1.76. The summed E-state index contributed by atoms with van der Waals surface area (Å²) in [6.45, 7) is 0. The van der Waals surface area contributed by atoms with Gasteiger partial charge in [0.25, 0.3) is 5.91 Å². The summed E-state index contributed by atoms with van der Waals surface area (Å²) in [6, 6.07) is 15.7. The number of benzene rings is 2. The van der Waals surface area contributed by atoms with E-state index in [0.29, 0.717) is 11.6 Å². The van der Waals surface area contributed by atoms with E-state index in [4.69, 9.17) is 4.74 Å². The molecule has 1 unspecified atom stereocenters. The third-order valence-electron chi connectivity index (χ3n) is 3.82. The van der Waals surface area contributed by atoms with Gasteiger partial charge in [-0.2, -0.15) is 0 Å². The summed E-state index contributed by atoms with van der Waals surface area (Å²) in [5.41, 5.74) is 2.00. The highest BCUT2D eigenvalue weighted by molar-refractivity contribution is 7.22. The monoisotopic (exact) mass is 310 g/mol. The largest absolute Gasteiger partial charge is 0.480 e. The van der Waals surface area contributed by atoms with E-state index in [1.165, 1.54) is 11.3 Å². The maximum atomic E-state index is 12.7. The average Bonchev–Trinajstić information content (AvgIpc) is 3.16. The number of thiazole rings is 1. The zero-order valence-corrected chi connectivity index (χ0v) is 12.8. The fourth-order valence-electron chi connectivity index (χ4n) is 2.63. The van der Waals surface area contributed by atoms with E-state index < -0.39 is 6.10 Å². The van der Waals surface area contributed by atoms with Gasteiger partial charge in [0.2, 0.25) is 0 Å². The molecule has 0 saturated heterocycles. The van der Waals surface area contributed by atoms with Gasteiger partial charge in [-0.15, -0.1) is 0 Å². The number of hydrogen-bond acceptors (Lipinski definition) is 4. The molecular weight excluding hydrogens is 296 g/mol. The number of carbonyl (C=O) groups excluding carboxylic acids is 1. The molecule has 2 aromatic carbocycles. The predicted molar refractivity (Wildman–Crippen MR) is 87.6 cm³/mol. The average molecular weight is 310 g/mol. The number of anilines is 1. The number of hydrogen-bond donors (Lipinski definition) is 0. The molecule has 1 aliphatic heterocycles. The van der Waals surface area contributed by atoms with Crippen LogP contribution in [-0.4, -0.2) is 24.0 Å². The molecule has 110 valence electrons. The fourth-order valence-corrected chi connectivity index (χ4v) is 3.57. The number of fused-ring (bicyclic) bond motifs is 2. The lowest BCUT2D eigenvalue weighted by Gasteiger charge is -2.18. The lowest BCUT2D eigenvalue weighted by Crippen LogP contribution is -2.39. The van der Waals surface area contributed by atoms with Gasteiger partial charge in [-0.1, -0.05) is 41.7 Å². The summed E-state index contributed by atoms with van der Waals surface area (Å²) in [5, 5.41) is 0.700. The molecule has 0 N–H and O–H groups in total. The lowest BCUT2D eigenvalue weighted by molar-refractivity contribution is -0.124. The van der Waals surface area contributed by atoms with E-state index in [1.807, 2.05) is 48.5 Å². The summed E-state index contributed by atoms with van der Waals surface area (Å²) in [4.78, 5) is 18.8. The zero-order valence-electron chi connectivity index (χ0n) is 12.0. The van der Waals surface area contributed by atoms with Crippen molar-refractivity contribution in [1.82, 2.24) is 4.98 Å². The van der Waals surface area contributed by atoms with Crippen molar-refractivity contribution < 1.29 is 9.53 Å². The summed E-state index contributed by atoms with van der Waals surface area (Å²) in [5.74, 6) is 0.744. The van der Waals surface area contributed by atoms with Crippen LogP contribution in [0.3, 0.4) is 0 Å². The number of carbonyl (C=O) groups is 1. The highest BCUT2D eigenvalue weighted by Gasteiger charge is 2.32. The Labute approximate surface area is 132 Å². The molecular formula is C17H14N2O2S. The minimum Gasteiger partial charge on any atom is -0.480 e. The SMILES string of the molecule is CN(C(=O)C1Cc2ccccc2O1)c1nc2ccccc2s1. The van der Waals surface area contributed by atoms with Crippen LogP contribution in [0, 0.1) is 0 Å². The number of likely N-dealkylation sites (N-methyl/N-ethyl adjacent to an activating group) is 1. The number of ether oxygens (including phenoxy) is 1. The van der Waals surface area contributed by atoms with E-state index in [0.717, 1.165) is 21.5 Å². The van der Waals surface area contributed by atoms with E-state index in [1.54, 1.807) is 11.9 Å². The molecule has 2 heterocycles. The van der Waals surface area contributed by atoms with Gasteiger partial charge in [-0.05, 0) is 23.8 Å². The molecule has 1 aromatic heterocycles. The van der Waals surface area contributed by atoms with Gasteiger partial charge >= 0.3 is 0 Å². The zero-order chi connectivity index (χ0) is 15.1. The quantitative estimate of drug-likeness (QED) is 0.729. The molecule has 0 radical (unpaired) electrons. The summed E-state index contributed by atoms with van der Waals surface area (Å²) < 4.78 is 6.85. The molecule has 0 aliphatic carbocycles. The Balaban J connectivity index is 1.58. The fraction of sp³-hybridized carbons (Fsp3) is 0.176. The molecule has 0 fully saturated rings. The standard InChI is InChI=1S/C17H14N2O2S/c1-19(17-18-12-7-3-5-9-15(12)22-17)16(20)14-10-11-6-2-4-8-13(11)21-14/h2-9,14H,10H2,1H3. The third-order valence-corrected chi connectivity index (χ3v) is 4.94. The Kier molecular flexibility index (Phi) is 3.08. The maximum Gasteiger partial charge on any atom is 0.269 e. The second-order valence-corrected chi connectivity index (χ2v) is 6.29. The second kappa shape index (κ2) is 5.10. The molecule has 1 aliphatic rings. The van der Waals surface area contributed by atoms with Crippen LogP contribution in [0.1, 0.15) is 5.56 Å². The van der Waals surface area contributed by atoms with E-state index in [9.17, 15) is 4.79 Å². The van der Waals surface area contributed by atoms with Crippen molar-refractivity contribution in [3.05, 3.63) is 54.1 Å². The van der Waals surface area contributed by atoms with Gasteiger partial charge in [-0.3, -0.25) is 9.69 Å². The smallest absolute Gasteiger partial charge is 0.269 e. The van der Waals surface area contributed by atoms with Crippen molar-refractivity contribution in [1.29, 1.82) is 0 Å². The van der Waals surface area contributed by atoms with Gasteiger partial charge in [0.15, 0.2) is 11.2 Å². The van der Waals surface area contributed by atoms with Gasteiger partial charge in [0.05, 0.1) is 10.2 Å². The van der Waals surface area contributed by atoms with Gasteiger partial charge in [0, 0.05) is 13.5 Å². The van der Waals surface area contributed by atoms with E-state index in [2.05, 4.69) is 4.98 Å². The van der Waals surface area contributed by atoms with Crippen LogP contribution in [0.2, 0.25) is 0 Å². The molecule has 4 rings (SSSR count). The summed E-state index contributed by atoms with van der Waals surface area (Å²) >= 11 is 1.51. The van der Waals surface area contributed by atoms with Gasteiger partial charge < -0.3 is 4.74 Å². The molecule has 22 heavy (non-hydrogen) atoms. The minimum absolute atomic E-state index is 0.0599. The molecule has 5 heteroatoms. The van der Waals surface area contributed by atoms with E-state index in [-0.39, 0.29) is 5.91 Å². The predicted octanol–water partition coefficient (Wildman–Crippen LogP) is 3.26. The first-order valence-corrected chi connectivity index (χ1v) is 7.92. The highest BCUT2D eigenvalue weighted by Crippen LogP contribution is 2.32. The molecule has 0 spiro atoms. The van der Waals surface area contributed by atoms with Crippen molar-refractivity contribution in [3.8, 4) is 5.75 Å². The second-order valence-electron chi connectivity index (χ2n) is 5.28. The molecule has 4 nitrogen and oxygen atoms in total. The van der Waals surface area contributed by atoms with Crippen molar-refractivity contribution >= 4 is 32.6 Å². The van der Waals surface area contributed by atoms with Crippen molar-refractivity contribution in [3.63, 3.8) is 0 Å². The lowest BCUT2D eigenvalue weighted by atomic mass is 10.1. The number of nitrogens with zero attached hydrogens (tertiary/aromatic N) is 2. The van der Waals surface area contributed by atoms with Crippen LogP contribution < -0.4 is 9.64 Å². The van der Waals surface area contributed by atoms with Crippen molar-refractivity contribution in [2.24, 2.45) is 0 Å². The first kappa shape index (κ1) is 13.3. The number of para-hydroxylation sites is 2. The number of rotatable bonds is 2. The Bertz CT molecular complexity index is 800. The Morgan fingerprint density at radius 3 is 2.82 bits per heavy atom. The van der Waals surface area contributed by atoms with Crippen LogP contribution in [-0.2, 0) is 11.2 Å². The molecule has 3 aromatic rings.